The number of nitriles is 1. The smallest absolute Gasteiger partial charge is 0.207 e. The topological polar surface area (TPSA) is 64.2 Å². The van der Waals surface area contributed by atoms with E-state index >= 15 is 0 Å². The van der Waals surface area contributed by atoms with E-state index < -0.39 is 11.7 Å². The van der Waals surface area contributed by atoms with Crippen molar-refractivity contribution in [1.82, 2.24) is 0 Å². The van der Waals surface area contributed by atoms with Gasteiger partial charge >= 0.3 is 0 Å². The van der Waals surface area contributed by atoms with Crippen LogP contribution < -0.4 is 0 Å². The van der Waals surface area contributed by atoms with Crippen molar-refractivity contribution in [2.75, 3.05) is 0 Å². The molecule has 2 unspecified atom stereocenters. The minimum Gasteiger partial charge on any atom is -0.384 e. The molecular formula is C15H13NO2. The molecule has 0 spiro atoms. The van der Waals surface area contributed by atoms with Crippen LogP contribution in [0.4, 0.5) is 0 Å². The van der Waals surface area contributed by atoms with E-state index in [4.69, 9.17) is 0 Å². The van der Waals surface area contributed by atoms with Gasteiger partial charge in [-0.3, -0.25) is 0 Å². The van der Waals surface area contributed by atoms with E-state index in [1.165, 1.54) is 0 Å². The molecule has 0 amide bonds. The Balaban J connectivity index is 2.43. The van der Waals surface area contributed by atoms with Gasteiger partial charge in [-0.25, -0.2) is 0 Å². The van der Waals surface area contributed by atoms with Gasteiger partial charge in [0.15, 0.2) is 0 Å². The average Bonchev–Trinajstić information content (AvgIpc) is 2.47. The Morgan fingerprint density at radius 2 is 1.44 bits per heavy atom. The van der Waals surface area contributed by atoms with Crippen LogP contribution in [0, 0.1) is 11.3 Å². The van der Waals surface area contributed by atoms with Crippen molar-refractivity contribution in [1.29, 1.82) is 5.26 Å². The number of hydrogen-bond donors (Lipinski definition) is 2. The molecule has 2 rings (SSSR count). The normalized spacial score (nSPS) is 15.4. The second-order valence-corrected chi connectivity index (χ2v) is 4.06. The molecule has 2 atom stereocenters. The van der Waals surface area contributed by atoms with Crippen molar-refractivity contribution in [3.8, 4) is 6.07 Å². The molecule has 2 aromatic carbocycles. The molecular weight excluding hydrogens is 226 g/mol. The van der Waals surface area contributed by atoms with E-state index in [1.807, 2.05) is 6.07 Å². The minimum atomic E-state index is -1.94. The fourth-order valence-corrected chi connectivity index (χ4v) is 1.85. The quantitative estimate of drug-likeness (QED) is 0.806. The van der Waals surface area contributed by atoms with Gasteiger partial charge in [0.25, 0.3) is 0 Å². The van der Waals surface area contributed by atoms with Crippen LogP contribution in [0.2, 0.25) is 0 Å². The van der Waals surface area contributed by atoms with Gasteiger partial charge in [0.2, 0.25) is 5.60 Å². The van der Waals surface area contributed by atoms with Gasteiger partial charge in [0.1, 0.15) is 12.2 Å². The van der Waals surface area contributed by atoms with Crippen molar-refractivity contribution in [2.24, 2.45) is 0 Å². The highest BCUT2D eigenvalue weighted by Gasteiger charge is 2.38. The first-order valence-electron chi connectivity index (χ1n) is 5.60. The maximum absolute atomic E-state index is 10.4. The van der Waals surface area contributed by atoms with E-state index in [0.29, 0.717) is 11.1 Å². The summed E-state index contributed by atoms with van der Waals surface area (Å²) in [4.78, 5) is 0. The summed E-state index contributed by atoms with van der Waals surface area (Å²) in [7, 11) is 0. The maximum atomic E-state index is 10.4. The highest BCUT2D eigenvalue weighted by molar-refractivity contribution is 5.34. The number of aliphatic hydroxyl groups excluding tert-OH is 1. The molecule has 0 saturated carbocycles. The third-order valence-electron chi connectivity index (χ3n) is 2.90. The maximum Gasteiger partial charge on any atom is 0.207 e. The van der Waals surface area contributed by atoms with Crippen LogP contribution in [0.5, 0.6) is 0 Å². The number of nitrogens with zero attached hydrogens (tertiary/aromatic N) is 1. The predicted molar refractivity (Wildman–Crippen MR) is 67.4 cm³/mol. The van der Waals surface area contributed by atoms with Crippen LogP contribution in [0.25, 0.3) is 0 Å². The summed E-state index contributed by atoms with van der Waals surface area (Å²) in [6.45, 7) is 0. The highest BCUT2D eigenvalue weighted by atomic mass is 16.3. The van der Waals surface area contributed by atoms with E-state index in [9.17, 15) is 15.5 Å². The Bertz CT molecular complexity index is 548. The molecule has 0 saturated heterocycles. The first kappa shape index (κ1) is 12.3. The second kappa shape index (κ2) is 5.01. The molecule has 0 aliphatic rings. The first-order valence-corrected chi connectivity index (χ1v) is 5.60. The minimum absolute atomic E-state index is 0.379. The third kappa shape index (κ3) is 2.12. The predicted octanol–water partition coefficient (Wildman–Crippen LogP) is 2.13. The van der Waals surface area contributed by atoms with Gasteiger partial charge in [-0.15, -0.1) is 0 Å². The monoisotopic (exact) mass is 239 g/mol. The van der Waals surface area contributed by atoms with Gasteiger partial charge in [0.05, 0.1) is 0 Å². The lowest BCUT2D eigenvalue weighted by atomic mass is 9.86. The zero-order valence-corrected chi connectivity index (χ0v) is 9.69. The Kier molecular flexibility index (Phi) is 3.42. The molecule has 2 aromatic rings. The molecule has 3 nitrogen and oxygen atoms in total. The van der Waals surface area contributed by atoms with Crippen LogP contribution >= 0.6 is 0 Å². The summed E-state index contributed by atoms with van der Waals surface area (Å²) < 4.78 is 0. The average molecular weight is 239 g/mol. The largest absolute Gasteiger partial charge is 0.384 e. The third-order valence-corrected chi connectivity index (χ3v) is 2.90. The Labute approximate surface area is 106 Å². The van der Waals surface area contributed by atoms with Crippen LogP contribution in [0.3, 0.4) is 0 Å². The van der Waals surface area contributed by atoms with Crippen molar-refractivity contribution < 1.29 is 10.2 Å². The summed E-state index contributed by atoms with van der Waals surface area (Å²) >= 11 is 0. The summed E-state index contributed by atoms with van der Waals surface area (Å²) in [6, 6.07) is 18.9. The van der Waals surface area contributed by atoms with Crippen molar-refractivity contribution in [2.45, 2.75) is 11.7 Å². The first-order chi connectivity index (χ1) is 8.68. The van der Waals surface area contributed by atoms with E-state index in [2.05, 4.69) is 0 Å². The number of hydrogen-bond acceptors (Lipinski definition) is 3. The molecule has 2 N–H and O–H groups in total. The van der Waals surface area contributed by atoms with Crippen molar-refractivity contribution in [3.05, 3.63) is 71.8 Å². The molecule has 18 heavy (non-hydrogen) atoms. The van der Waals surface area contributed by atoms with E-state index in [-0.39, 0.29) is 0 Å². The van der Waals surface area contributed by atoms with Crippen LogP contribution in [0.15, 0.2) is 60.7 Å². The lowest BCUT2D eigenvalue weighted by Crippen LogP contribution is -2.31. The van der Waals surface area contributed by atoms with E-state index in [1.54, 1.807) is 60.7 Å². The summed E-state index contributed by atoms with van der Waals surface area (Å²) in [5, 5.41) is 29.8. The van der Waals surface area contributed by atoms with Crippen molar-refractivity contribution in [3.63, 3.8) is 0 Å². The fourth-order valence-electron chi connectivity index (χ4n) is 1.85. The second-order valence-electron chi connectivity index (χ2n) is 4.06. The Hall–Kier alpha value is -2.15. The van der Waals surface area contributed by atoms with Crippen molar-refractivity contribution >= 4 is 0 Å². The number of rotatable bonds is 3. The molecule has 90 valence electrons. The van der Waals surface area contributed by atoms with Gasteiger partial charge in [-0.1, -0.05) is 60.7 Å². The lowest BCUT2D eigenvalue weighted by Gasteiger charge is -2.26. The highest BCUT2D eigenvalue weighted by Crippen LogP contribution is 2.34. The van der Waals surface area contributed by atoms with Crippen LogP contribution in [-0.2, 0) is 5.60 Å². The zero-order chi connectivity index (χ0) is 13.0. The summed E-state index contributed by atoms with van der Waals surface area (Å²) in [5.41, 5.74) is -1.06. The van der Waals surface area contributed by atoms with Crippen LogP contribution in [-0.4, -0.2) is 10.2 Å². The zero-order valence-electron chi connectivity index (χ0n) is 9.69. The summed E-state index contributed by atoms with van der Waals surface area (Å²) in [6.07, 6.45) is -1.29. The summed E-state index contributed by atoms with van der Waals surface area (Å²) in [5.74, 6) is 0. The van der Waals surface area contributed by atoms with Gasteiger partial charge in [-0.2, -0.15) is 5.26 Å². The van der Waals surface area contributed by atoms with Gasteiger partial charge in [-0.05, 0) is 5.56 Å². The number of benzene rings is 2. The lowest BCUT2D eigenvalue weighted by molar-refractivity contribution is -0.0398. The van der Waals surface area contributed by atoms with Crippen LogP contribution in [0.1, 0.15) is 17.2 Å². The standard InChI is InChI=1S/C15H13NO2/c16-11-15(18,13-9-5-2-6-10-13)14(17)12-7-3-1-4-8-12/h1-10,14,17-18H. The molecule has 0 heterocycles. The molecule has 0 bridgehead atoms. The molecule has 0 aliphatic carbocycles. The number of aliphatic hydroxyl groups is 2. The van der Waals surface area contributed by atoms with E-state index in [0.717, 1.165) is 0 Å². The molecule has 0 radical (unpaired) electrons. The van der Waals surface area contributed by atoms with Gasteiger partial charge < -0.3 is 10.2 Å². The molecule has 0 aromatic heterocycles. The SMILES string of the molecule is N#CC(O)(c1ccccc1)C(O)c1ccccc1. The van der Waals surface area contributed by atoms with Gasteiger partial charge in [0, 0.05) is 5.56 Å². The Morgan fingerprint density at radius 3 is 1.94 bits per heavy atom. The molecule has 3 heteroatoms. The molecule has 0 fully saturated rings. The Morgan fingerprint density at radius 1 is 0.944 bits per heavy atom. The molecule has 0 aliphatic heterocycles. The fraction of sp³-hybridized carbons (Fsp3) is 0.133.